The van der Waals surface area contributed by atoms with Gasteiger partial charge in [-0.2, -0.15) is 0 Å². The first kappa shape index (κ1) is 17.0. The number of methoxy groups -OCH3 is 1. The average Bonchev–Trinajstić information content (AvgIpc) is 3.11. The van der Waals surface area contributed by atoms with E-state index in [0.717, 1.165) is 5.56 Å². The lowest BCUT2D eigenvalue weighted by Gasteiger charge is -2.06. The Balaban J connectivity index is 1.58. The summed E-state index contributed by atoms with van der Waals surface area (Å²) in [5.41, 5.74) is 1.09. The zero-order valence-corrected chi connectivity index (χ0v) is 14.3. The van der Waals surface area contributed by atoms with Gasteiger partial charge in [0.05, 0.1) is 12.7 Å². The van der Waals surface area contributed by atoms with Crippen molar-refractivity contribution in [3.05, 3.63) is 54.1 Å². The van der Waals surface area contributed by atoms with Crippen LogP contribution in [-0.2, 0) is 0 Å². The maximum atomic E-state index is 12.3. The summed E-state index contributed by atoms with van der Waals surface area (Å²) in [4.78, 5) is 12.3. The van der Waals surface area contributed by atoms with Crippen molar-refractivity contribution in [3.63, 3.8) is 0 Å². The number of benzene rings is 2. The van der Waals surface area contributed by atoms with Crippen molar-refractivity contribution in [3.8, 4) is 23.0 Å². The number of aromatic hydroxyl groups is 1. The SMILES string of the molecule is COc1ccc(O)c(C(=O)CCSc2nnc(-c3ccccc3)o2)c1. The van der Waals surface area contributed by atoms with Gasteiger partial charge in [-0.15, -0.1) is 10.2 Å². The number of phenolic OH excluding ortho intramolecular Hbond substituents is 1. The number of carbonyl (C=O) groups excluding carboxylic acids is 1. The predicted molar refractivity (Wildman–Crippen MR) is 94.1 cm³/mol. The summed E-state index contributed by atoms with van der Waals surface area (Å²) in [6.45, 7) is 0. The number of aromatic nitrogens is 2. The standard InChI is InChI=1S/C18H16N2O4S/c1-23-13-7-8-15(21)14(11-13)16(22)9-10-25-18-20-19-17(24-18)12-5-3-2-4-6-12/h2-8,11,21H,9-10H2,1H3. The van der Waals surface area contributed by atoms with Gasteiger partial charge in [0.2, 0.25) is 5.89 Å². The van der Waals surface area contributed by atoms with Crippen LogP contribution in [0.5, 0.6) is 11.5 Å². The van der Waals surface area contributed by atoms with E-state index in [4.69, 9.17) is 9.15 Å². The predicted octanol–water partition coefficient (Wildman–Crippen LogP) is 3.82. The number of nitrogens with zero attached hydrogens (tertiary/aromatic N) is 2. The summed E-state index contributed by atoms with van der Waals surface area (Å²) in [6.07, 6.45) is 0.231. The quantitative estimate of drug-likeness (QED) is 0.509. The summed E-state index contributed by atoms with van der Waals surface area (Å²) in [6, 6.07) is 14.1. The molecule has 0 saturated carbocycles. The largest absolute Gasteiger partial charge is 0.507 e. The number of ketones is 1. The number of carbonyl (C=O) groups is 1. The van der Waals surface area contributed by atoms with E-state index >= 15 is 0 Å². The topological polar surface area (TPSA) is 85.5 Å². The highest BCUT2D eigenvalue weighted by molar-refractivity contribution is 7.99. The number of Topliss-reactive ketones (excluding diaryl/α,β-unsaturated/α-hetero) is 1. The van der Waals surface area contributed by atoms with Crippen LogP contribution in [0.4, 0.5) is 0 Å². The normalized spacial score (nSPS) is 10.6. The molecule has 0 bridgehead atoms. The summed E-state index contributed by atoms with van der Waals surface area (Å²) in [5, 5.41) is 18.2. The van der Waals surface area contributed by atoms with Gasteiger partial charge in [0.1, 0.15) is 11.5 Å². The van der Waals surface area contributed by atoms with E-state index in [1.165, 1.54) is 31.0 Å². The van der Waals surface area contributed by atoms with Gasteiger partial charge in [0.15, 0.2) is 5.78 Å². The Labute approximate surface area is 148 Å². The van der Waals surface area contributed by atoms with Crippen molar-refractivity contribution in [2.24, 2.45) is 0 Å². The number of thioether (sulfide) groups is 1. The molecule has 0 aliphatic heterocycles. The van der Waals surface area contributed by atoms with Crippen LogP contribution in [0.1, 0.15) is 16.8 Å². The minimum absolute atomic E-state index is 0.0556. The van der Waals surface area contributed by atoms with Gasteiger partial charge < -0.3 is 14.3 Å². The maximum absolute atomic E-state index is 12.3. The van der Waals surface area contributed by atoms with Gasteiger partial charge in [-0.05, 0) is 30.3 Å². The molecule has 1 N–H and O–H groups in total. The number of phenols is 1. The van der Waals surface area contributed by atoms with Gasteiger partial charge in [0, 0.05) is 17.7 Å². The fourth-order valence-electron chi connectivity index (χ4n) is 2.20. The molecule has 0 radical (unpaired) electrons. The smallest absolute Gasteiger partial charge is 0.276 e. The first-order valence-electron chi connectivity index (χ1n) is 7.59. The lowest BCUT2D eigenvalue weighted by Crippen LogP contribution is -2.01. The van der Waals surface area contributed by atoms with E-state index in [9.17, 15) is 9.90 Å². The van der Waals surface area contributed by atoms with Crippen molar-refractivity contribution in [2.45, 2.75) is 11.6 Å². The highest BCUT2D eigenvalue weighted by atomic mass is 32.2. The third-order valence-corrected chi connectivity index (χ3v) is 4.31. The Bertz CT molecular complexity index is 865. The molecule has 128 valence electrons. The molecule has 0 amide bonds. The molecule has 0 aliphatic carbocycles. The molecule has 1 heterocycles. The van der Waals surface area contributed by atoms with E-state index in [1.54, 1.807) is 6.07 Å². The summed E-state index contributed by atoms with van der Waals surface area (Å²) in [7, 11) is 1.51. The highest BCUT2D eigenvalue weighted by Gasteiger charge is 2.14. The zero-order chi connectivity index (χ0) is 17.6. The first-order valence-corrected chi connectivity index (χ1v) is 8.58. The Morgan fingerprint density at radius 2 is 2.00 bits per heavy atom. The maximum Gasteiger partial charge on any atom is 0.276 e. The first-order chi connectivity index (χ1) is 12.2. The van der Waals surface area contributed by atoms with Crippen LogP contribution in [0.3, 0.4) is 0 Å². The Morgan fingerprint density at radius 3 is 2.76 bits per heavy atom. The van der Waals surface area contributed by atoms with Gasteiger partial charge in [-0.25, -0.2) is 0 Å². The van der Waals surface area contributed by atoms with Crippen molar-refractivity contribution in [1.29, 1.82) is 0 Å². The lowest BCUT2D eigenvalue weighted by molar-refractivity contribution is 0.0986. The average molecular weight is 356 g/mol. The Morgan fingerprint density at radius 1 is 1.20 bits per heavy atom. The number of hydrogen-bond acceptors (Lipinski definition) is 7. The van der Waals surface area contributed by atoms with Crippen molar-refractivity contribution in [2.75, 3.05) is 12.9 Å². The van der Waals surface area contributed by atoms with Crippen molar-refractivity contribution in [1.82, 2.24) is 10.2 Å². The minimum Gasteiger partial charge on any atom is -0.507 e. The summed E-state index contributed by atoms with van der Waals surface area (Å²) >= 11 is 1.30. The Hall–Kier alpha value is -2.80. The second-order valence-electron chi connectivity index (χ2n) is 5.14. The van der Waals surface area contributed by atoms with Gasteiger partial charge in [0.25, 0.3) is 5.22 Å². The van der Waals surface area contributed by atoms with E-state index < -0.39 is 0 Å². The van der Waals surface area contributed by atoms with Gasteiger partial charge in [-0.1, -0.05) is 30.0 Å². The second kappa shape index (κ2) is 7.85. The fourth-order valence-corrected chi connectivity index (χ4v) is 2.90. The third-order valence-electron chi connectivity index (χ3n) is 3.49. The molecule has 2 aromatic carbocycles. The van der Waals surface area contributed by atoms with Crippen molar-refractivity contribution >= 4 is 17.5 Å². The number of ether oxygens (including phenoxy) is 1. The lowest BCUT2D eigenvalue weighted by atomic mass is 10.1. The van der Waals surface area contributed by atoms with E-state index in [1.807, 2.05) is 30.3 Å². The van der Waals surface area contributed by atoms with Crippen LogP contribution in [0.15, 0.2) is 58.2 Å². The van der Waals surface area contributed by atoms with Gasteiger partial charge >= 0.3 is 0 Å². The molecule has 3 aromatic rings. The third kappa shape index (κ3) is 4.19. The monoisotopic (exact) mass is 356 g/mol. The Kier molecular flexibility index (Phi) is 5.35. The molecule has 3 rings (SSSR count). The van der Waals surface area contributed by atoms with Crippen LogP contribution in [0.25, 0.3) is 11.5 Å². The molecular formula is C18H16N2O4S. The van der Waals surface area contributed by atoms with Crippen LogP contribution in [-0.4, -0.2) is 33.9 Å². The molecule has 7 heteroatoms. The van der Waals surface area contributed by atoms with Crippen LogP contribution >= 0.6 is 11.8 Å². The molecule has 0 atom stereocenters. The molecule has 1 aromatic heterocycles. The van der Waals surface area contributed by atoms with E-state index in [0.29, 0.717) is 22.6 Å². The molecule has 0 fully saturated rings. The molecule has 0 unspecified atom stereocenters. The van der Waals surface area contributed by atoms with E-state index in [2.05, 4.69) is 10.2 Å². The molecular weight excluding hydrogens is 340 g/mol. The molecule has 25 heavy (non-hydrogen) atoms. The molecule has 0 saturated heterocycles. The van der Waals surface area contributed by atoms with Crippen LogP contribution in [0, 0.1) is 0 Å². The van der Waals surface area contributed by atoms with Crippen LogP contribution < -0.4 is 4.74 Å². The van der Waals surface area contributed by atoms with Gasteiger partial charge in [-0.3, -0.25) is 4.79 Å². The van der Waals surface area contributed by atoms with Crippen molar-refractivity contribution < 1.29 is 19.1 Å². The molecule has 6 nitrogen and oxygen atoms in total. The highest BCUT2D eigenvalue weighted by Crippen LogP contribution is 2.26. The molecule has 0 spiro atoms. The zero-order valence-electron chi connectivity index (χ0n) is 13.5. The molecule has 0 aliphatic rings. The summed E-state index contributed by atoms with van der Waals surface area (Å²) in [5.74, 6) is 1.20. The fraction of sp³-hybridized carbons (Fsp3) is 0.167. The van der Waals surface area contributed by atoms with Crippen LogP contribution in [0.2, 0.25) is 0 Å². The number of hydrogen-bond donors (Lipinski definition) is 1. The number of rotatable bonds is 7. The second-order valence-corrected chi connectivity index (χ2v) is 6.19. The van der Waals surface area contributed by atoms with E-state index in [-0.39, 0.29) is 23.5 Å². The summed E-state index contributed by atoms with van der Waals surface area (Å²) < 4.78 is 10.7. The minimum atomic E-state index is -0.174.